The van der Waals surface area contributed by atoms with Crippen molar-refractivity contribution in [2.75, 3.05) is 32.8 Å². The lowest BCUT2D eigenvalue weighted by atomic mass is 9.96. The molecular formula is C30H25F2N3O7S. The standard InChI is InChI=1S/C30H25F2N3O7S/c31-12-1-3-16-14(9-12)19-21-22(29(40)33-28(21)39)20-15-10-13(32)2-4-18(15)43-27(20)23(19)35(16)30-26(38)25(37)24(36)17(42-30)11-34-5-7-41-8-6-34/h1-4,9-10,17,24-26,30,36-38H,5-8,11H2,(H,33,39,40)/t17-,24-,25+,26-,30?/m1/s1. The van der Waals surface area contributed by atoms with Gasteiger partial charge in [0.05, 0.1) is 40.1 Å². The third-order valence-corrected chi connectivity index (χ3v) is 9.92. The first-order chi connectivity index (χ1) is 20.7. The van der Waals surface area contributed by atoms with Gasteiger partial charge in [0.1, 0.15) is 36.1 Å². The minimum Gasteiger partial charge on any atom is -0.388 e. The first-order valence-electron chi connectivity index (χ1n) is 13.9. The number of fused-ring (bicyclic) bond motifs is 10. The maximum Gasteiger partial charge on any atom is 0.259 e. The number of ether oxygens (including phenoxy) is 2. The van der Waals surface area contributed by atoms with Crippen LogP contribution in [0.15, 0.2) is 36.4 Å². The van der Waals surface area contributed by atoms with Gasteiger partial charge < -0.3 is 29.4 Å². The van der Waals surface area contributed by atoms with Crippen LogP contribution in [0.1, 0.15) is 26.9 Å². The Labute approximate surface area is 245 Å². The van der Waals surface area contributed by atoms with E-state index in [1.54, 1.807) is 10.6 Å². The third kappa shape index (κ3) is 3.90. The van der Waals surface area contributed by atoms with Gasteiger partial charge in [-0.1, -0.05) is 0 Å². The number of halogens is 2. The number of imide groups is 1. The second-order valence-electron chi connectivity index (χ2n) is 11.2. The Hall–Kier alpha value is -3.56. The van der Waals surface area contributed by atoms with Gasteiger partial charge in [-0.2, -0.15) is 0 Å². The molecule has 2 saturated heterocycles. The number of rotatable bonds is 3. The number of nitrogens with zero attached hydrogens (tertiary/aromatic N) is 2. The van der Waals surface area contributed by atoms with E-state index in [1.165, 1.54) is 41.7 Å². The van der Waals surface area contributed by atoms with Gasteiger partial charge in [-0.05, 0) is 36.4 Å². The zero-order valence-electron chi connectivity index (χ0n) is 22.4. The Morgan fingerprint density at radius 1 is 0.884 bits per heavy atom. The maximum atomic E-state index is 14.8. The fourth-order valence-corrected chi connectivity index (χ4v) is 8.02. The topological polar surface area (TPSA) is 133 Å². The molecule has 1 unspecified atom stereocenters. The summed E-state index contributed by atoms with van der Waals surface area (Å²) in [6.07, 6.45) is -6.81. The lowest BCUT2D eigenvalue weighted by Crippen LogP contribution is -2.58. The molecule has 5 atom stereocenters. The first-order valence-corrected chi connectivity index (χ1v) is 14.7. The molecule has 3 aromatic carbocycles. The van der Waals surface area contributed by atoms with Gasteiger partial charge in [0, 0.05) is 45.9 Å². The molecular weight excluding hydrogens is 584 g/mol. The van der Waals surface area contributed by atoms with Crippen molar-refractivity contribution >= 4 is 65.1 Å². The van der Waals surface area contributed by atoms with Crippen molar-refractivity contribution in [3.8, 4) is 0 Å². The van der Waals surface area contributed by atoms with E-state index in [-0.39, 0.29) is 23.1 Å². The molecule has 5 aromatic rings. The average molecular weight is 610 g/mol. The Morgan fingerprint density at radius 2 is 1.56 bits per heavy atom. The molecule has 5 heterocycles. The zero-order valence-corrected chi connectivity index (χ0v) is 23.2. The molecule has 4 N–H and O–H groups in total. The quantitative estimate of drug-likeness (QED) is 0.230. The molecule has 2 aromatic heterocycles. The molecule has 2 fully saturated rings. The molecule has 0 aliphatic carbocycles. The highest BCUT2D eigenvalue weighted by molar-refractivity contribution is 7.26. The summed E-state index contributed by atoms with van der Waals surface area (Å²) in [6.45, 7) is 2.45. The van der Waals surface area contributed by atoms with Crippen molar-refractivity contribution in [3.05, 3.63) is 59.2 Å². The van der Waals surface area contributed by atoms with E-state index in [0.29, 0.717) is 62.9 Å². The summed E-state index contributed by atoms with van der Waals surface area (Å²) in [5.74, 6) is -2.44. The Balaban J connectivity index is 1.45. The van der Waals surface area contributed by atoms with Crippen LogP contribution in [0.25, 0.3) is 42.0 Å². The fraction of sp³-hybridized carbons (Fsp3) is 0.333. The molecule has 2 amide bonds. The number of aliphatic hydroxyl groups is 3. The Kier molecular flexibility index (Phi) is 6.11. The number of morpholine rings is 1. The first kappa shape index (κ1) is 27.0. The highest BCUT2D eigenvalue weighted by Crippen LogP contribution is 2.49. The molecule has 43 heavy (non-hydrogen) atoms. The number of benzene rings is 3. The van der Waals surface area contributed by atoms with Crippen LogP contribution in [0.5, 0.6) is 0 Å². The predicted octanol–water partition coefficient (Wildman–Crippen LogP) is 2.64. The number of carbonyl (C=O) groups is 2. The van der Waals surface area contributed by atoms with Crippen LogP contribution in [0.4, 0.5) is 8.78 Å². The van der Waals surface area contributed by atoms with Crippen LogP contribution in [-0.4, -0.2) is 93.9 Å². The van der Waals surface area contributed by atoms with Crippen LogP contribution in [0.2, 0.25) is 0 Å². The number of aromatic nitrogens is 1. The summed E-state index contributed by atoms with van der Waals surface area (Å²) in [7, 11) is 0. The molecule has 0 saturated carbocycles. The number of amides is 2. The lowest BCUT2D eigenvalue weighted by molar-refractivity contribution is -0.246. The highest BCUT2D eigenvalue weighted by Gasteiger charge is 2.47. The number of nitrogens with one attached hydrogen (secondary N) is 1. The van der Waals surface area contributed by atoms with E-state index in [2.05, 4.69) is 5.32 Å². The van der Waals surface area contributed by atoms with Crippen LogP contribution < -0.4 is 5.32 Å². The highest BCUT2D eigenvalue weighted by atomic mass is 32.1. The van der Waals surface area contributed by atoms with Crippen molar-refractivity contribution in [2.24, 2.45) is 0 Å². The molecule has 222 valence electrons. The van der Waals surface area contributed by atoms with Crippen molar-refractivity contribution in [1.82, 2.24) is 14.8 Å². The van der Waals surface area contributed by atoms with Gasteiger partial charge in [0.25, 0.3) is 11.8 Å². The summed E-state index contributed by atoms with van der Waals surface area (Å²) in [4.78, 5) is 28.6. The number of hydrogen-bond donors (Lipinski definition) is 4. The monoisotopic (exact) mass is 609 g/mol. The van der Waals surface area contributed by atoms with Gasteiger partial charge in [-0.15, -0.1) is 11.3 Å². The van der Waals surface area contributed by atoms with E-state index >= 15 is 0 Å². The van der Waals surface area contributed by atoms with Gasteiger partial charge in [-0.25, -0.2) is 8.78 Å². The van der Waals surface area contributed by atoms with Crippen LogP contribution >= 0.6 is 11.3 Å². The second kappa shape index (κ2) is 9.72. The normalized spacial score (nSPS) is 26.7. The van der Waals surface area contributed by atoms with E-state index in [4.69, 9.17) is 9.47 Å². The largest absolute Gasteiger partial charge is 0.388 e. The minimum absolute atomic E-state index is 0.0153. The smallest absolute Gasteiger partial charge is 0.259 e. The van der Waals surface area contributed by atoms with Gasteiger partial charge in [-0.3, -0.25) is 19.8 Å². The fourth-order valence-electron chi connectivity index (χ4n) is 6.78. The Bertz CT molecular complexity index is 2000. The van der Waals surface area contributed by atoms with E-state index in [1.807, 2.05) is 4.90 Å². The number of hydrogen-bond acceptors (Lipinski definition) is 9. The number of carbonyl (C=O) groups excluding carboxylic acids is 2. The third-order valence-electron chi connectivity index (χ3n) is 8.74. The predicted molar refractivity (Wildman–Crippen MR) is 153 cm³/mol. The van der Waals surface area contributed by atoms with Crippen molar-refractivity contribution in [1.29, 1.82) is 0 Å². The summed E-state index contributed by atoms with van der Waals surface area (Å²) in [6, 6.07) is 8.14. The number of aliphatic hydroxyl groups excluding tert-OH is 3. The van der Waals surface area contributed by atoms with Gasteiger partial charge >= 0.3 is 0 Å². The summed E-state index contributed by atoms with van der Waals surface area (Å²) >= 11 is 1.25. The number of thiophene rings is 1. The van der Waals surface area contributed by atoms with Crippen LogP contribution in [0, 0.1) is 11.6 Å². The van der Waals surface area contributed by atoms with E-state index in [9.17, 15) is 33.7 Å². The average Bonchev–Trinajstić information content (AvgIpc) is 3.62. The van der Waals surface area contributed by atoms with Gasteiger partial charge in [0.2, 0.25) is 0 Å². The Morgan fingerprint density at radius 3 is 2.30 bits per heavy atom. The van der Waals surface area contributed by atoms with Crippen molar-refractivity contribution in [3.63, 3.8) is 0 Å². The van der Waals surface area contributed by atoms with Gasteiger partial charge in [0.15, 0.2) is 6.23 Å². The summed E-state index contributed by atoms with van der Waals surface area (Å²) < 4.78 is 43.8. The van der Waals surface area contributed by atoms with Crippen LogP contribution in [-0.2, 0) is 9.47 Å². The molecule has 13 heteroatoms. The summed E-state index contributed by atoms with van der Waals surface area (Å²) in [5.41, 5.74) is 0.818. The van der Waals surface area contributed by atoms with E-state index < -0.39 is 54.1 Å². The van der Waals surface area contributed by atoms with Crippen molar-refractivity contribution < 1.29 is 43.2 Å². The van der Waals surface area contributed by atoms with Crippen molar-refractivity contribution in [2.45, 2.75) is 30.6 Å². The molecule has 3 aliphatic heterocycles. The molecule has 0 spiro atoms. The minimum atomic E-state index is -1.62. The second-order valence-corrected chi connectivity index (χ2v) is 12.2. The molecule has 10 nitrogen and oxygen atoms in total. The van der Waals surface area contributed by atoms with E-state index in [0.717, 1.165) is 0 Å². The SMILES string of the molecule is O=C1NC(=O)c2c1c1c3cc(F)ccc3sc1c1c2c2cc(F)ccc2n1C1O[C@H](CN2CCOCC2)[C@@H](O)[C@H](O)[C@H]1O. The zero-order chi connectivity index (χ0) is 29.7. The maximum absolute atomic E-state index is 14.8. The van der Waals surface area contributed by atoms with Crippen LogP contribution in [0.3, 0.4) is 0 Å². The molecule has 3 aliphatic rings. The lowest BCUT2D eigenvalue weighted by Gasteiger charge is -2.43. The molecule has 0 radical (unpaired) electrons. The molecule has 8 rings (SSSR count). The summed E-state index contributed by atoms with van der Waals surface area (Å²) in [5, 5.41) is 37.0. The molecule has 0 bridgehead atoms.